The van der Waals surface area contributed by atoms with Crippen LogP contribution >= 0.6 is 11.3 Å². The van der Waals surface area contributed by atoms with Gasteiger partial charge in [-0.3, -0.25) is 0 Å². The topological polar surface area (TPSA) is 42.1 Å². The molecule has 0 aliphatic carbocycles. The van der Waals surface area contributed by atoms with Gasteiger partial charge in [-0.25, -0.2) is 4.98 Å². The smallest absolute Gasteiger partial charge is 0.185 e. The van der Waals surface area contributed by atoms with Crippen LogP contribution in [-0.4, -0.2) is 25.1 Å². The highest BCUT2D eigenvalue weighted by Gasteiger charge is 2.04. The number of thiazole rings is 1. The Morgan fingerprint density at radius 1 is 1.62 bits per heavy atom. The Labute approximate surface area is 83.6 Å². The SMILES string of the molecule is CCc1csc(N(C)CCCN)n1. The van der Waals surface area contributed by atoms with Gasteiger partial charge in [-0.1, -0.05) is 6.92 Å². The van der Waals surface area contributed by atoms with Crippen molar-refractivity contribution in [1.82, 2.24) is 4.98 Å². The maximum absolute atomic E-state index is 5.44. The van der Waals surface area contributed by atoms with Crippen molar-refractivity contribution in [3.8, 4) is 0 Å². The Bertz CT molecular complexity index is 247. The van der Waals surface area contributed by atoms with Crippen LogP contribution in [0.15, 0.2) is 5.38 Å². The zero-order chi connectivity index (χ0) is 9.68. The lowest BCUT2D eigenvalue weighted by Crippen LogP contribution is -2.20. The molecule has 13 heavy (non-hydrogen) atoms. The van der Waals surface area contributed by atoms with E-state index in [-0.39, 0.29) is 0 Å². The van der Waals surface area contributed by atoms with Crippen molar-refractivity contribution in [3.05, 3.63) is 11.1 Å². The normalized spacial score (nSPS) is 10.4. The molecule has 74 valence electrons. The highest BCUT2D eigenvalue weighted by molar-refractivity contribution is 7.13. The lowest BCUT2D eigenvalue weighted by Gasteiger charge is -2.14. The summed E-state index contributed by atoms with van der Waals surface area (Å²) >= 11 is 1.71. The first-order valence-electron chi connectivity index (χ1n) is 4.63. The van der Waals surface area contributed by atoms with Crippen LogP contribution in [0.2, 0.25) is 0 Å². The maximum atomic E-state index is 5.44. The van der Waals surface area contributed by atoms with Gasteiger partial charge < -0.3 is 10.6 Å². The molecule has 0 amide bonds. The summed E-state index contributed by atoms with van der Waals surface area (Å²) in [5, 5.41) is 3.22. The molecule has 1 aromatic heterocycles. The second kappa shape index (κ2) is 5.19. The molecule has 0 radical (unpaired) electrons. The van der Waals surface area contributed by atoms with Crippen molar-refractivity contribution in [2.24, 2.45) is 5.73 Å². The molecule has 0 unspecified atom stereocenters. The van der Waals surface area contributed by atoms with Crippen LogP contribution in [0.25, 0.3) is 0 Å². The van der Waals surface area contributed by atoms with Gasteiger partial charge >= 0.3 is 0 Å². The molecule has 1 rings (SSSR count). The Morgan fingerprint density at radius 3 is 2.92 bits per heavy atom. The van der Waals surface area contributed by atoms with E-state index < -0.39 is 0 Å². The molecule has 0 bridgehead atoms. The van der Waals surface area contributed by atoms with E-state index in [1.165, 1.54) is 5.69 Å². The largest absolute Gasteiger partial charge is 0.351 e. The summed E-state index contributed by atoms with van der Waals surface area (Å²) < 4.78 is 0. The Morgan fingerprint density at radius 2 is 2.38 bits per heavy atom. The minimum atomic E-state index is 0.746. The van der Waals surface area contributed by atoms with E-state index >= 15 is 0 Å². The summed E-state index contributed by atoms with van der Waals surface area (Å²) in [5.74, 6) is 0. The molecule has 0 aliphatic heterocycles. The molecule has 1 aromatic rings. The summed E-state index contributed by atoms with van der Waals surface area (Å²) in [6.45, 7) is 3.86. The quantitative estimate of drug-likeness (QED) is 0.781. The lowest BCUT2D eigenvalue weighted by molar-refractivity contribution is 0.791. The molecule has 4 heteroatoms. The molecule has 0 atom stereocenters. The number of rotatable bonds is 5. The fourth-order valence-corrected chi connectivity index (χ4v) is 1.96. The molecule has 0 spiro atoms. The lowest BCUT2D eigenvalue weighted by atomic mass is 10.4. The molecule has 3 nitrogen and oxygen atoms in total. The van der Waals surface area contributed by atoms with Crippen LogP contribution < -0.4 is 10.6 Å². The van der Waals surface area contributed by atoms with Crippen molar-refractivity contribution in [1.29, 1.82) is 0 Å². The van der Waals surface area contributed by atoms with Crippen LogP contribution in [0.4, 0.5) is 5.13 Å². The number of nitrogens with two attached hydrogens (primary N) is 1. The van der Waals surface area contributed by atoms with Crippen LogP contribution in [0, 0.1) is 0 Å². The van der Waals surface area contributed by atoms with Crippen LogP contribution in [0.3, 0.4) is 0 Å². The summed E-state index contributed by atoms with van der Waals surface area (Å²) in [5.41, 5.74) is 6.62. The first-order valence-corrected chi connectivity index (χ1v) is 5.51. The van der Waals surface area contributed by atoms with E-state index in [1.807, 2.05) is 0 Å². The highest BCUT2D eigenvalue weighted by Crippen LogP contribution is 2.19. The second-order valence-electron chi connectivity index (χ2n) is 3.04. The predicted octanol–water partition coefficient (Wildman–Crippen LogP) is 1.49. The van der Waals surface area contributed by atoms with Crippen molar-refractivity contribution < 1.29 is 0 Å². The van der Waals surface area contributed by atoms with Crippen LogP contribution in [0.1, 0.15) is 19.0 Å². The monoisotopic (exact) mass is 199 g/mol. The molecule has 2 N–H and O–H groups in total. The predicted molar refractivity (Wildman–Crippen MR) is 58.4 cm³/mol. The third kappa shape index (κ3) is 2.97. The number of hydrogen-bond donors (Lipinski definition) is 1. The summed E-state index contributed by atoms with van der Waals surface area (Å²) in [7, 11) is 2.06. The number of anilines is 1. The van der Waals surface area contributed by atoms with Gasteiger partial charge in [-0.2, -0.15) is 0 Å². The van der Waals surface area contributed by atoms with E-state index in [0.29, 0.717) is 0 Å². The molecule has 0 saturated heterocycles. The third-order valence-corrected chi connectivity index (χ3v) is 2.93. The van der Waals surface area contributed by atoms with Crippen molar-refractivity contribution >= 4 is 16.5 Å². The van der Waals surface area contributed by atoms with E-state index in [4.69, 9.17) is 5.73 Å². The van der Waals surface area contributed by atoms with Gasteiger partial charge in [0, 0.05) is 19.0 Å². The number of nitrogens with zero attached hydrogens (tertiary/aromatic N) is 2. The highest BCUT2D eigenvalue weighted by atomic mass is 32.1. The van der Waals surface area contributed by atoms with E-state index in [9.17, 15) is 0 Å². The number of hydrogen-bond acceptors (Lipinski definition) is 4. The van der Waals surface area contributed by atoms with Gasteiger partial charge in [0.2, 0.25) is 0 Å². The molecule has 1 heterocycles. The summed E-state index contributed by atoms with van der Waals surface area (Å²) in [6.07, 6.45) is 2.04. The molecule has 0 saturated carbocycles. The standard InChI is InChI=1S/C9H17N3S/c1-3-8-7-13-9(11-8)12(2)6-4-5-10/h7H,3-6,10H2,1-2H3. The molecule has 0 aliphatic rings. The fourth-order valence-electron chi connectivity index (χ4n) is 1.06. The minimum absolute atomic E-state index is 0.746. The summed E-state index contributed by atoms with van der Waals surface area (Å²) in [4.78, 5) is 6.65. The molecule has 0 aromatic carbocycles. The van der Waals surface area contributed by atoms with Gasteiger partial charge in [0.25, 0.3) is 0 Å². The zero-order valence-electron chi connectivity index (χ0n) is 8.29. The number of aryl methyl sites for hydroxylation is 1. The Balaban J connectivity index is 2.50. The molecular formula is C9H17N3S. The zero-order valence-corrected chi connectivity index (χ0v) is 9.10. The average molecular weight is 199 g/mol. The van der Waals surface area contributed by atoms with Gasteiger partial charge in [-0.15, -0.1) is 11.3 Å². The number of aromatic nitrogens is 1. The van der Waals surface area contributed by atoms with Crippen molar-refractivity contribution in [3.63, 3.8) is 0 Å². The first kappa shape index (κ1) is 10.5. The third-order valence-electron chi connectivity index (χ3n) is 1.93. The van der Waals surface area contributed by atoms with Gasteiger partial charge in [-0.05, 0) is 19.4 Å². The van der Waals surface area contributed by atoms with Gasteiger partial charge in [0.15, 0.2) is 5.13 Å². The fraction of sp³-hybridized carbons (Fsp3) is 0.667. The Kier molecular flexibility index (Phi) is 4.18. The molecular weight excluding hydrogens is 182 g/mol. The summed E-state index contributed by atoms with van der Waals surface area (Å²) in [6, 6.07) is 0. The van der Waals surface area contributed by atoms with Crippen LogP contribution in [0.5, 0.6) is 0 Å². The van der Waals surface area contributed by atoms with E-state index in [0.717, 1.165) is 31.1 Å². The Hall–Kier alpha value is -0.610. The van der Waals surface area contributed by atoms with E-state index in [2.05, 4.69) is 29.2 Å². The minimum Gasteiger partial charge on any atom is -0.351 e. The van der Waals surface area contributed by atoms with Gasteiger partial charge in [0.1, 0.15) is 0 Å². The maximum Gasteiger partial charge on any atom is 0.185 e. The van der Waals surface area contributed by atoms with Crippen molar-refractivity contribution in [2.75, 3.05) is 25.0 Å². The van der Waals surface area contributed by atoms with Crippen molar-refractivity contribution in [2.45, 2.75) is 19.8 Å². The van der Waals surface area contributed by atoms with Crippen LogP contribution in [-0.2, 0) is 6.42 Å². The van der Waals surface area contributed by atoms with E-state index in [1.54, 1.807) is 11.3 Å². The average Bonchev–Trinajstić information content (AvgIpc) is 2.62. The first-order chi connectivity index (χ1) is 6.27. The molecule has 0 fully saturated rings. The van der Waals surface area contributed by atoms with Gasteiger partial charge in [0.05, 0.1) is 5.69 Å². The second-order valence-corrected chi connectivity index (χ2v) is 3.88.